The topological polar surface area (TPSA) is 29.5 Å². The quantitative estimate of drug-likeness (QED) is 0.815. The number of rotatable bonds is 3. The molecule has 78 valence electrons. The van der Waals surface area contributed by atoms with E-state index in [4.69, 9.17) is 9.84 Å². The van der Waals surface area contributed by atoms with E-state index < -0.39 is 23.5 Å². The lowest BCUT2D eigenvalue weighted by atomic mass is 10.1. The first-order valence-electron chi connectivity index (χ1n) is 4.36. The first-order chi connectivity index (χ1) is 6.56. The summed E-state index contributed by atoms with van der Waals surface area (Å²) in [4.78, 5) is 0. The minimum Gasteiger partial charge on any atom is -0.488 e. The minimum atomic E-state index is -0.894. The van der Waals surface area contributed by atoms with Crippen LogP contribution in [0.5, 0.6) is 5.75 Å². The zero-order valence-electron chi connectivity index (χ0n) is 8.05. The van der Waals surface area contributed by atoms with Crippen LogP contribution in [-0.2, 0) is 0 Å². The average molecular weight is 202 g/mol. The summed E-state index contributed by atoms with van der Waals surface area (Å²) >= 11 is 0. The summed E-state index contributed by atoms with van der Waals surface area (Å²) in [5.41, 5.74) is 0.198. The number of hydrogen-bond donors (Lipinski definition) is 1. The molecule has 1 unspecified atom stereocenters. The monoisotopic (exact) mass is 202 g/mol. The molecule has 0 saturated carbocycles. The van der Waals surface area contributed by atoms with E-state index in [1.165, 1.54) is 6.92 Å². The second-order valence-electron chi connectivity index (χ2n) is 2.92. The number of halogens is 2. The predicted octanol–water partition coefficient (Wildman–Crippen LogP) is 2.42. The molecular formula is C10H12F2O2. The van der Waals surface area contributed by atoms with Crippen molar-refractivity contribution in [3.8, 4) is 5.75 Å². The Bertz CT molecular complexity index is 301. The lowest BCUT2D eigenvalue weighted by Gasteiger charge is -2.09. The van der Waals surface area contributed by atoms with Gasteiger partial charge in [-0.25, -0.2) is 8.78 Å². The fourth-order valence-corrected chi connectivity index (χ4v) is 1.10. The molecular weight excluding hydrogens is 190 g/mol. The molecule has 0 radical (unpaired) electrons. The van der Waals surface area contributed by atoms with E-state index >= 15 is 0 Å². The molecule has 0 aliphatic carbocycles. The SMILES string of the molecule is CCOc1c(F)cc(C(C)O)cc1F. The molecule has 1 N–H and O–H groups in total. The van der Waals surface area contributed by atoms with E-state index in [2.05, 4.69) is 0 Å². The molecule has 1 aromatic rings. The van der Waals surface area contributed by atoms with Crippen molar-refractivity contribution in [3.05, 3.63) is 29.3 Å². The van der Waals surface area contributed by atoms with Crippen molar-refractivity contribution in [2.24, 2.45) is 0 Å². The van der Waals surface area contributed by atoms with Crippen molar-refractivity contribution in [1.29, 1.82) is 0 Å². The Balaban J connectivity index is 3.11. The van der Waals surface area contributed by atoms with Gasteiger partial charge in [-0.05, 0) is 31.5 Å². The highest BCUT2D eigenvalue weighted by Crippen LogP contribution is 2.25. The lowest BCUT2D eigenvalue weighted by molar-refractivity contribution is 0.197. The molecule has 2 nitrogen and oxygen atoms in total. The molecule has 0 amide bonds. The number of ether oxygens (including phenoxy) is 1. The van der Waals surface area contributed by atoms with E-state index in [1.54, 1.807) is 6.92 Å². The lowest BCUT2D eigenvalue weighted by Crippen LogP contribution is -2.01. The largest absolute Gasteiger partial charge is 0.488 e. The van der Waals surface area contributed by atoms with Crippen LogP contribution in [0.25, 0.3) is 0 Å². The number of hydrogen-bond acceptors (Lipinski definition) is 2. The summed E-state index contributed by atoms with van der Waals surface area (Å²) in [6.07, 6.45) is -0.894. The Morgan fingerprint density at radius 1 is 1.36 bits per heavy atom. The Morgan fingerprint density at radius 3 is 2.21 bits per heavy atom. The van der Waals surface area contributed by atoms with Crippen molar-refractivity contribution >= 4 is 0 Å². The highest BCUT2D eigenvalue weighted by atomic mass is 19.1. The minimum absolute atomic E-state index is 0.196. The standard InChI is InChI=1S/C10H12F2O2/c1-3-14-10-8(11)4-7(6(2)13)5-9(10)12/h4-6,13H,3H2,1-2H3. The van der Waals surface area contributed by atoms with Gasteiger partial charge in [-0.2, -0.15) is 0 Å². The van der Waals surface area contributed by atoms with E-state index in [0.717, 1.165) is 12.1 Å². The van der Waals surface area contributed by atoms with Crippen molar-refractivity contribution in [2.45, 2.75) is 20.0 Å². The Kier molecular flexibility index (Phi) is 3.41. The van der Waals surface area contributed by atoms with Crippen molar-refractivity contribution in [3.63, 3.8) is 0 Å². The summed E-state index contributed by atoms with van der Waals surface area (Å²) < 4.78 is 31.1. The Labute approximate surface area is 81.1 Å². The smallest absolute Gasteiger partial charge is 0.190 e. The van der Waals surface area contributed by atoms with E-state index in [9.17, 15) is 8.78 Å². The number of aliphatic hydroxyl groups is 1. The molecule has 0 spiro atoms. The molecule has 14 heavy (non-hydrogen) atoms. The van der Waals surface area contributed by atoms with Crippen LogP contribution in [0.4, 0.5) is 8.78 Å². The molecule has 0 saturated heterocycles. The summed E-state index contributed by atoms with van der Waals surface area (Å²) in [5.74, 6) is -1.97. The normalized spacial score (nSPS) is 12.6. The fourth-order valence-electron chi connectivity index (χ4n) is 1.10. The third-order valence-corrected chi connectivity index (χ3v) is 1.79. The molecule has 0 aliphatic rings. The first kappa shape index (κ1) is 10.9. The van der Waals surface area contributed by atoms with Crippen molar-refractivity contribution in [2.75, 3.05) is 6.61 Å². The molecule has 0 fully saturated rings. The van der Waals surface area contributed by atoms with E-state index in [1.807, 2.05) is 0 Å². The molecule has 4 heteroatoms. The van der Waals surface area contributed by atoms with Gasteiger partial charge in [0.15, 0.2) is 17.4 Å². The van der Waals surface area contributed by atoms with Crippen LogP contribution < -0.4 is 4.74 Å². The van der Waals surface area contributed by atoms with Gasteiger partial charge in [-0.15, -0.1) is 0 Å². The highest BCUT2D eigenvalue weighted by molar-refractivity contribution is 5.32. The zero-order valence-corrected chi connectivity index (χ0v) is 8.05. The van der Waals surface area contributed by atoms with Crippen LogP contribution >= 0.6 is 0 Å². The third kappa shape index (κ3) is 2.20. The molecule has 1 atom stereocenters. The van der Waals surface area contributed by atoms with Crippen LogP contribution in [0, 0.1) is 11.6 Å². The van der Waals surface area contributed by atoms with Gasteiger partial charge in [0.25, 0.3) is 0 Å². The average Bonchev–Trinajstić information content (AvgIpc) is 2.10. The Hall–Kier alpha value is -1.16. The van der Waals surface area contributed by atoms with Gasteiger partial charge in [0.1, 0.15) is 0 Å². The van der Waals surface area contributed by atoms with Gasteiger partial charge in [0.2, 0.25) is 0 Å². The molecule has 0 aliphatic heterocycles. The van der Waals surface area contributed by atoms with Crippen LogP contribution in [0.2, 0.25) is 0 Å². The molecule has 0 heterocycles. The van der Waals surface area contributed by atoms with Gasteiger partial charge in [0.05, 0.1) is 12.7 Å². The zero-order chi connectivity index (χ0) is 10.7. The van der Waals surface area contributed by atoms with Crippen LogP contribution in [0.3, 0.4) is 0 Å². The van der Waals surface area contributed by atoms with E-state index in [0.29, 0.717) is 0 Å². The van der Waals surface area contributed by atoms with Crippen LogP contribution in [0.15, 0.2) is 12.1 Å². The fraction of sp³-hybridized carbons (Fsp3) is 0.400. The molecule has 1 rings (SSSR count). The first-order valence-corrected chi connectivity index (χ1v) is 4.36. The van der Waals surface area contributed by atoms with E-state index in [-0.39, 0.29) is 12.2 Å². The number of benzene rings is 1. The van der Waals surface area contributed by atoms with Gasteiger partial charge in [-0.1, -0.05) is 0 Å². The maximum Gasteiger partial charge on any atom is 0.190 e. The van der Waals surface area contributed by atoms with Gasteiger partial charge in [-0.3, -0.25) is 0 Å². The van der Waals surface area contributed by atoms with Crippen molar-refractivity contribution < 1.29 is 18.6 Å². The maximum absolute atomic E-state index is 13.2. The predicted molar refractivity (Wildman–Crippen MR) is 48.2 cm³/mol. The van der Waals surface area contributed by atoms with Gasteiger partial charge in [0, 0.05) is 0 Å². The molecule has 0 aromatic heterocycles. The summed E-state index contributed by atoms with van der Waals surface area (Å²) in [7, 11) is 0. The van der Waals surface area contributed by atoms with Crippen molar-refractivity contribution in [1.82, 2.24) is 0 Å². The highest BCUT2D eigenvalue weighted by Gasteiger charge is 2.13. The molecule has 0 bridgehead atoms. The van der Waals surface area contributed by atoms with Crippen LogP contribution in [-0.4, -0.2) is 11.7 Å². The second kappa shape index (κ2) is 4.37. The summed E-state index contributed by atoms with van der Waals surface area (Å²) in [6, 6.07) is 2.14. The third-order valence-electron chi connectivity index (χ3n) is 1.79. The Morgan fingerprint density at radius 2 is 1.86 bits per heavy atom. The van der Waals surface area contributed by atoms with Crippen LogP contribution in [0.1, 0.15) is 25.5 Å². The summed E-state index contributed by atoms with van der Waals surface area (Å²) in [5, 5.41) is 9.12. The second-order valence-corrected chi connectivity index (χ2v) is 2.92. The maximum atomic E-state index is 13.2. The number of aliphatic hydroxyl groups excluding tert-OH is 1. The molecule has 1 aromatic carbocycles. The van der Waals surface area contributed by atoms with Gasteiger partial charge < -0.3 is 9.84 Å². The summed E-state index contributed by atoms with van der Waals surface area (Å²) in [6.45, 7) is 3.28. The van der Waals surface area contributed by atoms with Gasteiger partial charge >= 0.3 is 0 Å².